The molecule has 4 rings (SSSR count). The molecule has 3 aliphatic rings. The number of carbonyl (C=O) groups is 2. The Hall–Kier alpha value is -2.53. The highest BCUT2D eigenvalue weighted by Gasteiger charge is 2.38. The molecule has 1 aromatic rings. The number of aromatic nitrogens is 1. The van der Waals surface area contributed by atoms with Crippen molar-refractivity contribution in [3.05, 3.63) is 22.5 Å². The second-order valence-corrected chi connectivity index (χ2v) is 7.24. The Morgan fingerprint density at radius 2 is 1.92 bits per heavy atom. The fourth-order valence-electron chi connectivity index (χ4n) is 4.03. The summed E-state index contributed by atoms with van der Waals surface area (Å²) in [5.41, 5.74) is 7.91. The molecule has 2 fully saturated rings. The molecule has 3 amide bonds. The summed E-state index contributed by atoms with van der Waals surface area (Å²) in [6, 6.07) is 2.17. The third kappa shape index (κ3) is 2.92. The molecule has 3 N–H and O–H groups in total. The Balaban J connectivity index is 1.59. The van der Waals surface area contributed by atoms with Crippen LogP contribution in [-0.4, -0.2) is 47.2 Å². The molecule has 1 saturated heterocycles. The third-order valence-electron chi connectivity index (χ3n) is 5.50. The number of nitrogens with one attached hydrogen (secondary N) is 1. The van der Waals surface area contributed by atoms with Crippen molar-refractivity contribution in [1.82, 2.24) is 14.8 Å². The van der Waals surface area contributed by atoms with E-state index in [0.29, 0.717) is 50.0 Å². The van der Waals surface area contributed by atoms with E-state index in [1.165, 1.54) is 0 Å². The fraction of sp³-hybridized carbons (Fsp3) is 0.611. The minimum atomic E-state index is -0.594. The maximum Gasteiger partial charge on any atom is 0.318 e. The molecular weight excluding hydrogens is 334 g/mol. The number of fused-ring (bicyclic) bond motifs is 1. The van der Waals surface area contributed by atoms with Gasteiger partial charge in [-0.1, -0.05) is 0 Å². The van der Waals surface area contributed by atoms with Gasteiger partial charge in [0.2, 0.25) is 0 Å². The van der Waals surface area contributed by atoms with Crippen LogP contribution in [0, 0.1) is 11.3 Å². The molecule has 1 saturated carbocycles. The predicted octanol–water partition coefficient (Wildman–Crippen LogP) is 1.04. The molecule has 0 radical (unpaired) electrons. The van der Waals surface area contributed by atoms with Gasteiger partial charge in [-0.25, -0.2) is 4.79 Å². The maximum absolute atomic E-state index is 12.6. The fourth-order valence-corrected chi connectivity index (χ4v) is 4.03. The molecule has 0 spiro atoms. The number of primary amides is 1. The van der Waals surface area contributed by atoms with E-state index >= 15 is 0 Å². The van der Waals surface area contributed by atoms with Gasteiger partial charge in [0.05, 0.1) is 23.4 Å². The van der Waals surface area contributed by atoms with Gasteiger partial charge in [0.25, 0.3) is 5.91 Å². The highest BCUT2D eigenvalue weighted by Crippen LogP contribution is 2.44. The molecule has 0 bridgehead atoms. The number of amides is 3. The lowest BCUT2D eigenvalue weighted by Gasteiger charge is -2.32. The lowest BCUT2D eigenvalue weighted by Crippen LogP contribution is -2.49. The Kier molecular flexibility index (Phi) is 4.32. The van der Waals surface area contributed by atoms with Gasteiger partial charge in [0.1, 0.15) is 6.07 Å². The summed E-state index contributed by atoms with van der Waals surface area (Å²) < 4.78 is 7.37. The number of rotatable bonds is 3. The van der Waals surface area contributed by atoms with Crippen molar-refractivity contribution in [2.24, 2.45) is 5.73 Å². The lowest BCUT2D eigenvalue weighted by molar-refractivity contribution is 0.0773. The van der Waals surface area contributed by atoms with Crippen molar-refractivity contribution in [3.63, 3.8) is 0 Å². The molecule has 1 aliphatic carbocycles. The molecule has 1 aromatic heterocycles. The van der Waals surface area contributed by atoms with E-state index in [9.17, 15) is 14.9 Å². The number of ether oxygens (including phenoxy) is 1. The minimum Gasteiger partial charge on any atom is -0.381 e. The quantitative estimate of drug-likeness (QED) is 0.841. The molecular formula is C18H23N5O3. The Morgan fingerprint density at radius 3 is 2.54 bits per heavy atom. The van der Waals surface area contributed by atoms with Crippen molar-refractivity contribution in [2.75, 3.05) is 19.8 Å². The van der Waals surface area contributed by atoms with Gasteiger partial charge in [0, 0.05) is 44.0 Å². The van der Waals surface area contributed by atoms with Gasteiger partial charge < -0.3 is 25.3 Å². The van der Waals surface area contributed by atoms with E-state index in [4.69, 9.17) is 10.5 Å². The molecule has 2 aliphatic heterocycles. The van der Waals surface area contributed by atoms with Crippen molar-refractivity contribution in [2.45, 2.75) is 50.7 Å². The minimum absolute atomic E-state index is 0.122. The van der Waals surface area contributed by atoms with Crippen LogP contribution >= 0.6 is 0 Å². The van der Waals surface area contributed by atoms with E-state index in [1.54, 1.807) is 4.90 Å². The summed E-state index contributed by atoms with van der Waals surface area (Å²) >= 11 is 0. The summed E-state index contributed by atoms with van der Waals surface area (Å²) in [4.78, 5) is 26.4. The number of hydrogen-bond donors (Lipinski definition) is 2. The smallest absolute Gasteiger partial charge is 0.318 e. The largest absolute Gasteiger partial charge is 0.381 e. The van der Waals surface area contributed by atoms with Gasteiger partial charge in [-0.3, -0.25) is 4.79 Å². The normalized spacial score (nSPS) is 20.3. The number of hydrogen-bond acceptors (Lipinski definition) is 4. The second kappa shape index (κ2) is 6.65. The van der Waals surface area contributed by atoms with Crippen molar-refractivity contribution < 1.29 is 14.3 Å². The first-order valence-corrected chi connectivity index (χ1v) is 9.18. The Morgan fingerprint density at radius 1 is 1.19 bits per heavy atom. The molecule has 26 heavy (non-hydrogen) atoms. The van der Waals surface area contributed by atoms with Crippen LogP contribution < -0.4 is 11.1 Å². The van der Waals surface area contributed by atoms with Crippen molar-refractivity contribution >= 4 is 11.9 Å². The zero-order valence-corrected chi connectivity index (χ0v) is 14.7. The molecule has 0 aromatic carbocycles. The zero-order valence-electron chi connectivity index (χ0n) is 14.7. The summed E-state index contributed by atoms with van der Waals surface area (Å²) in [6.07, 6.45) is 3.69. The van der Waals surface area contributed by atoms with E-state index in [1.807, 2.05) is 0 Å². The van der Waals surface area contributed by atoms with Crippen LogP contribution in [0.15, 0.2) is 0 Å². The third-order valence-corrected chi connectivity index (χ3v) is 5.50. The molecule has 3 heterocycles. The zero-order chi connectivity index (χ0) is 18.3. The van der Waals surface area contributed by atoms with E-state index < -0.39 is 5.91 Å². The van der Waals surface area contributed by atoms with E-state index in [2.05, 4.69) is 16.0 Å². The topological polar surface area (TPSA) is 113 Å². The van der Waals surface area contributed by atoms with E-state index in [-0.39, 0.29) is 17.6 Å². The molecule has 0 atom stereocenters. The van der Waals surface area contributed by atoms with Gasteiger partial charge in [-0.15, -0.1) is 0 Å². The number of nitrogens with two attached hydrogens (primary N) is 1. The average Bonchev–Trinajstić information content (AvgIpc) is 3.42. The first-order chi connectivity index (χ1) is 12.6. The number of urea groups is 1. The van der Waals surface area contributed by atoms with Gasteiger partial charge >= 0.3 is 6.03 Å². The summed E-state index contributed by atoms with van der Waals surface area (Å²) in [5.74, 6) is -0.261. The number of carbonyl (C=O) groups excluding carboxylic acids is 2. The predicted molar refractivity (Wildman–Crippen MR) is 92.4 cm³/mol. The van der Waals surface area contributed by atoms with Crippen LogP contribution in [0.25, 0.3) is 0 Å². The van der Waals surface area contributed by atoms with Crippen molar-refractivity contribution in [1.29, 1.82) is 5.26 Å². The van der Waals surface area contributed by atoms with Crippen LogP contribution in [0.5, 0.6) is 0 Å². The molecule has 0 unspecified atom stereocenters. The standard InChI is InChI=1S/C18H23N5O3/c19-9-13-15(17(20)24)14-10-22(5-6-23(14)16(13)11-1-2-11)18(25)21-12-3-7-26-8-4-12/h11-12H,1-8,10H2,(H2,20,24)(H,21,25). The second-order valence-electron chi connectivity index (χ2n) is 7.24. The van der Waals surface area contributed by atoms with Gasteiger partial charge in [-0.2, -0.15) is 5.26 Å². The summed E-state index contributed by atoms with van der Waals surface area (Å²) in [5, 5.41) is 12.6. The average molecular weight is 357 g/mol. The van der Waals surface area contributed by atoms with Crippen LogP contribution in [0.3, 0.4) is 0 Å². The first-order valence-electron chi connectivity index (χ1n) is 9.18. The SMILES string of the molecule is N#Cc1c(C(N)=O)c2n(c1C1CC1)CCN(C(=O)NC1CCOCC1)C2. The Bertz CT molecular complexity index is 784. The van der Waals surface area contributed by atoms with E-state index in [0.717, 1.165) is 31.4 Å². The molecule has 138 valence electrons. The van der Waals surface area contributed by atoms with Crippen LogP contribution in [0.1, 0.15) is 58.9 Å². The Labute approximate surface area is 151 Å². The van der Waals surface area contributed by atoms with Crippen LogP contribution in [0.4, 0.5) is 4.79 Å². The maximum atomic E-state index is 12.6. The van der Waals surface area contributed by atoms with Crippen LogP contribution in [-0.2, 0) is 17.8 Å². The van der Waals surface area contributed by atoms with Gasteiger partial charge in [-0.05, 0) is 25.7 Å². The molecule has 8 nitrogen and oxygen atoms in total. The highest BCUT2D eigenvalue weighted by atomic mass is 16.5. The molecule has 8 heteroatoms. The van der Waals surface area contributed by atoms with Gasteiger partial charge in [0.15, 0.2) is 0 Å². The number of nitriles is 1. The van der Waals surface area contributed by atoms with Crippen molar-refractivity contribution in [3.8, 4) is 6.07 Å². The van der Waals surface area contributed by atoms with Crippen LogP contribution in [0.2, 0.25) is 0 Å². The lowest BCUT2D eigenvalue weighted by atomic mass is 10.1. The summed E-state index contributed by atoms with van der Waals surface area (Å²) in [7, 11) is 0. The summed E-state index contributed by atoms with van der Waals surface area (Å²) in [6.45, 7) is 2.77. The number of nitrogens with zero attached hydrogens (tertiary/aromatic N) is 3. The highest BCUT2D eigenvalue weighted by molar-refractivity contribution is 5.97. The first kappa shape index (κ1) is 16.9. The monoisotopic (exact) mass is 357 g/mol.